The number of fused-ring (bicyclic) bond motifs is 8. The zero-order chi connectivity index (χ0) is 30.0. The highest BCUT2D eigenvalue weighted by Gasteiger charge is 2.69. The van der Waals surface area contributed by atoms with Gasteiger partial charge in [-0.2, -0.15) is 0 Å². The van der Waals surface area contributed by atoms with Crippen LogP contribution in [0.1, 0.15) is 123 Å². The second-order valence-electron chi connectivity index (χ2n) is 17.1. The van der Waals surface area contributed by atoms with Gasteiger partial charge in [-0.15, -0.1) is 0 Å². The Balaban J connectivity index is 1.35. The average Bonchev–Trinajstić information content (AvgIpc) is 3.46. The minimum absolute atomic E-state index is 0.00488. The molecule has 6 aliphatic rings. The molecule has 42 heavy (non-hydrogen) atoms. The minimum atomic E-state index is -0.576. The summed E-state index contributed by atoms with van der Waals surface area (Å²) in [7, 11) is 0. The van der Waals surface area contributed by atoms with Crippen LogP contribution in [0.3, 0.4) is 0 Å². The standard InChI is InChI=1S/C37H55N3O2/c1-22-13-16-37(32(41)42)18-17-35(7)26(29(37)23(22)2)11-12-28-34(6)21-25-30(33(4,5)27(34)14-15-36(28,35)8)38-24(3)39-31(25)40-19-9-10-20-40/h11,22-23,27-29H,9-10,12-21H2,1-8H3,(H,41,42)/t22-,23+,27+,28-,29+,34+,35-,36-,37+/m1/s1. The van der Waals surface area contributed by atoms with Gasteiger partial charge in [0.15, 0.2) is 0 Å². The van der Waals surface area contributed by atoms with Gasteiger partial charge in [0.05, 0.1) is 11.1 Å². The number of hydrogen-bond donors (Lipinski definition) is 1. The number of carboxylic acid groups (broad SMARTS) is 1. The number of allylic oxidation sites excluding steroid dienone is 2. The molecule has 4 fully saturated rings. The molecule has 5 aliphatic carbocycles. The Morgan fingerprint density at radius 3 is 2.36 bits per heavy atom. The van der Waals surface area contributed by atoms with Gasteiger partial charge >= 0.3 is 5.97 Å². The van der Waals surface area contributed by atoms with Crippen LogP contribution in [-0.2, 0) is 16.6 Å². The zero-order valence-corrected chi connectivity index (χ0v) is 27.6. The molecule has 9 atom stereocenters. The van der Waals surface area contributed by atoms with Gasteiger partial charge in [0.25, 0.3) is 0 Å². The van der Waals surface area contributed by atoms with Crippen molar-refractivity contribution >= 4 is 11.8 Å². The third-order valence-electron chi connectivity index (χ3n) is 15.2. The Bertz CT molecular complexity index is 1340. The van der Waals surface area contributed by atoms with Crippen LogP contribution >= 0.6 is 0 Å². The van der Waals surface area contributed by atoms with Gasteiger partial charge in [-0.05, 0) is 117 Å². The Morgan fingerprint density at radius 2 is 1.67 bits per heavy atom. The molecule has 0 spiro atoms. The Kier molecular flexibility index (Phi) is 6.23. The van der Waals surface area contributed by atoms with Gasteiger partial charge in [-0.3, -0.25) is 4.79 Å². The fraction of sp³-hybridized carbons (Fsp3) is 0.811. The molecule has 1 N–H and O–H groups in total. The van der Waals surface area contributed by atoms with Crippen LogP contribution in [0.15, 0.2) is 11.6 Å². The van der Waals surface area contributed by atoms with Gasteiger partial charge in [0, 0.05) is 24.1 Å². The van der Waals surface area contributed by atoms with Gasteiger partial charge in [0.2, 0.25) is 0 Å². The monoisotopic (exact) mass is 573 g/mol. The molecular formula is C37H55N3O2. The third kappa shape index (κ3) is 3.46. The summed E-state index contributed by atoms with van der Waals surface area (Å²) < 4.78 is 0. The van der Waals surface area contributed by atoms with Crippen molar-refractivity contribution in [3.63, 3.8) is 0 Å². The van der Waals surface area contributed by atoms with E-state index >= 15 is 0 Å². The van der Waals surface area contributed by atoms with E-state index < -0.39 is 11.4 Å². The first-order valence-corrected chi connectivity index (χ1v) is 17.3. The van der Waals surface area contributed by atoms with E-state index in [0.29, 0.717) is 23.7 Å². The predicted octanol–water partition coefficient (Wildman–Crippen LogP) is 8.14. The third-order valence-corrected chi connectivity index (χ3v) is 15.2. The second kappa shape index (κ2) is 9.07. The molecule has 1 aliphatic heterocycles. The van der Waals surface area contributed by atoms with Gasteiger partial charge < -0.3 is 10.0 Å². The van der Waals surface area contributed by atoms with Crippen LogP contribution < -0.4 is 4.90 Å². The SMILES string of the molecule is Cc1nc(N2CCCC2)c2c(n1)C(C)(C)[C@@H]1CC[C@]3(C)[C@H](CC=C4[C@@H]5[C@@H](C)[C@H](C)CC[C@]5(C(=O)O)CC[C@]43C)[C@@]1(C)C2. The van der Waals surface area contributed by atoms with Gasteiger partial charge in [0.1, 0.15) is 11.6 Å². The molecule has 7 rings (SSSR count). The molecule has 1 saturated heterocycles. The molecule has 0 radical (unpaired) electrons. The minimum Gasteiger partial charge on any atom is -0.481 e. The first kappa shape index (κ1) is 28.8. The molecule has 3 saturated carbocycles. The van der Waals surface area contributed by atoms with E-state index in [2.05, 4.69) is 66.4 Å². The Hall–Kier alpha value is -1.91. The van der Waals surface area contributed by atoms with Gasteiger partial charge in [-0.1, -0.05) is 60.1 Å². The summed E-state index contributed by atoms with van der Waals surface area (Å²) in [6.45, 7) is 21.8. The van der Waals surface area contributed by atoms with Crippen molar-refractivity contribution in [1.82, 2.24) is 9.97 Å². The van der Waals surface area contributed by atoms with Crippen molar-refractivity contribution in [2.24, 2.45) is 51.2 Å². The number of carbonyl (C=O) groups is 1. The van der Waals surface area contributed by atoms with E-state index in [1.54, 1.807) is 0 Å². The second-order valence-corrected chi connectivity index (χ2v) is 17.1. The van der Waals surface area contributed by atoms with Crippen molar-refractivity contribution < 1.29 is 9.90 Å². The van der Waals surface area contributed by atoms with E-state index in [1.807, 2.05) is 0 Å². The molecule has 0 bridgehead atoms. The van der Waals surface area contributed by atoms with Crippen LogP contribution in [0.25, 0.3) is 0 Å². The van der Waals surface area contributed by atoms with Gasteiger partial charge in [-0.25, -0.2) is 9.97 Å². The van der Waals surface area contributed by atoms with E-state index in [-0.39, 0.29) is 27.6 Å². The highest BCUT2D eigenvalue weighted by atomic mass is 16.4. The van der Waals surface area contributed by atoms with Crippen molar-refractivity contribution in [3.05, 3.63) is 28.7 Å². The van der Waals surface area contributed by atoms with Crippen molar-refractivity contribution in [2.45, 2.75) is 125 Å². The molecule has 5 heteroatoms. The highest BCUT2D eigenvalue weighted by molar-refractivity contribution is 5.76. The number of anilines is 1. The lowest BCUT2D eigenvalue weighted by Gasteiger charge is -2.70. The fourth-order valence-corrected chi connectivity index (χ4v) is 12.7. The quantitative estimate of drug-likeness (QED) is 0.362. The lowest BCUT2D eigenvalue weighted by atomic mass is 9.33. The smallest absolute Gasteiger partial charge is 0.310 e. The molecule has 1 aromatic rings. The highest BCUT2D eigenvalue weighted by Crippen LogP contribution is 2.75. The molecule has 0 aromatic carbocycles. The lowest BCUT2D eigenvalue weighted by Crippen LogP contribution is -2.65. The normalized spacial score (nSPS) is 45.6. The lowest BCUT2D eigenvalue weighted by molar-refractivity contribution is -0.179. The summed E-state index contributed by atoms with van der Waals surface area (Å²) in [6.07, 6.45) is 13.5. The molecule has 2 heterocycles. The van der Waals surface area contributed by atoms with Crippen LogP contribution in [0.5, 0.6) is 0 Å². The zero-order valence-electron chi connectivity index (χ0n) is 27.6. The Labute approximate surface area is 254 Å². The Morgan fingerprint density at radius 1 is 0.952 bits per heavy atom. The predicted molar refractivity (Wildman–Crippen MR) is 169 cm³/mol. The maximum atomic E-state index is 13.1. The molecule has 230 valence electrons. The number of aromatic nitrogens is 2. The number of aryl methyl sites for hydroxylation is 1. The van der Waals surface area contributed by atoms with E-state index in [1.165, 1.54) is 48.3 Å². The van der Waals surface area contributed by atoms with E-state index in [9.17, 15) is 9.90 Å². The van der Waals surface area contributed by atoms with Crippen LogP contribution in [0.2, 0.25) is 0 Å². The number of hydrogen-bond acceptors (Lipinski definition) is 4. The first-order chi connectivity index (χ1) is 19.7. The average molecular weight is 574 g/mol. The number of carboxylic acids is 1. The van der Waals surface area contributed by atoms with Crippen molar-refractivity contribution in [2.75, 3.05) is 18.0 Å². The molecule has 0 amide bonds. The molecule has 0 unspecified atom stereocenters. The largest absolute Gasteiger partial charge is 0.481 e. The van der Waals surface area contributed by atoms with E-state index in [4.69, 9.17) is 9.97 Å². The summed E-state index contributed by atoms with van der Waals surface area (Å²) in [5, 5.41) is 10.7. The molecular weight excluding hydrogens is 518 g/mol. The summed E-state index contributed by atoms with van der Waals surface area (Å²) >= 11 is 0. The summed E-state index contributed by atoms with van der Waals surface area (Å²) in [4.78, 5) is 25.9. The number of aliphatic carboxylic acids is 1. The summed E-state index contributed by atoms with van der Waals surface area (Å²) in [5.41, 5.74) is 4.04. The summed E-state index contributed by atoms with van der Waals surface area (Å²) in [5.74, 6) is 3.91. The summed E-state index contributed by atoms with van der Waals surface area (Å²) in [6, 6.07) is 0. The van der Waals surface area contributed by atoms with Crippen LogP contribution in [0.4, 0.5) is 5.82 Å². The number of nitrogens with zero attached hydrogens (tertiary/aromatic N) is 3. The molecule has 1 aromatic heterocycles. The topological polar surface area (TPSA) is 66.3 Å². The van der Waals surface area contributed by atoms with Crippen LogP contribution in [-0.4, -0.2) is 34.1 Å². The fourth-order valence-electron chi connectivity index (χ4n) is 12.7. The van der Waals surface area contributed by atoms with E-state index in [0.717, 1.165) is 57.4 Å². The van der Waals surface area contributed by atoms with Crippen molar-refractivity contribution in [1.29, 1.82) is 0 Å². The maximum Gasteiger partial charge on any atom is 0.310 e. The van der Waals surface area contributed by atoms with Crippen molar-refractivity contribution in [3.8, 4) is 0 Å². The molecule has 5 nitrogen and oxygen atoms in total. The van der Waals surface area contributed by atoms with Crippen LogP contribution in [0, 0.1) is 58.2 Å². The number of rotatable bonds is 2. The first-order valence-electron chi connectivity index (χ1n) is 17.3. The maximum absolute atomic E-state index is 13.1.